The number of nitrogens with zero attached hydrogens (tertiary/aromatic N) is 1. The third-order valence-corrected chi connectivity index (χ3v) is 3.69. The predicted octanol–water partition coefficient (Wildman–Crippen LogP) is 2.72. The summed E-state index contributed by atoms with van der Waals surface area (Å²) in [6.07, 6.45) is 1.31. The molecule has 3 heteroatoms. The highest BCUT2D eigenvalue weighted by atomic mass is 16.5. The molecule has 96 valence electrons. The third kappa shape index (κ3) is 3.24. The molecule has 1 aliphatic rings. The van der Waals surface area contributed by atoms with Crippen LogP contribution >= 0.6 is 0 Å². The molecule has 1 unspecified atom stereocenters. The number of rotatable bonds is 6. The highest BCUT2D eigenvalue weighted by molar-refractivity contribution is 5.33. The molecule has 0 saturated heterocycles. The van der Waals surface area contributed by atoms with Crippen LogP contribution in [0.5, 0.6) is 5.75 Å². The number of nitrogens with one attached hydrogen (secondary N) is 1. The van der Waals surface area contributed by atoms with Crippen LogP contribution in [0.25, 0.3) is 0 Å². The van der Waals surface area contributed by atoms with Gasteiger partial charge < -0.3 is 10.1 Å². The van der Waals surface area contributed by atoms with Crippen LogP contribution < -0.4 is 10.1 Å². The van der Waals surface area contributed by atoms with Crippen LogP contribution in [0, 0.1) is 22.7 Å². The van der Waals surface area contributed by atoms with E-state index < -0.39 is 0 Å². The van der Waals surface area contributed by atoms with Crippen molar-refractivity contribution in [2.45, 2.75) is 26.8 Å². The molecule has 2 rings (SSSR count). The topological polar surface area (TPSA) is 45.0 Å². The minimum atomic E-state index is 0.104. The van der Waals surface area contributed by atoms with Gasteiger partial charge >= 0.3 is 0 Å². The monoisotopic (exact) mass is 244 g/mol. The fourth-order valence-electron chi connectivity index (χ4n) is 2.21. The van der Waals surface area contributed by atoms with Gasteiger partial charge in [0.15, 0.2) is 6.61 Å². The van der Waals surface area contributed by atoms with Gasteiger partial charge in [0, 0.05) is 12.1 Å². The summed E-state index contributed by atoms with van der Waals surface area (Å²) in [5.41, 5.74) is 1.63. The van der Waals surface area contributed by atoms with Crippen molar-refractivity contribution in [3.63, 3.8) is 0 Å². The van der Waals surface area contributed by atoms with E-state index in [9.17, 15) is 0 Å². The van der Waals surface area contributed by atoms with Crippen molar-refractivity contribution in [3.8, 4) is 11.8 Å². The van der Waals surface area contributed by atoms with E-state index in [1.807, 2.05) is 30.3 Å². The summed E-state index contributed by atoms with van der Waals surface area (Å²) in [4.78, 5) is 0. The number of benzene rings is 1. The van der Waals surface area contributed by atoms with Gasteiger partial charge in [0.1, 0.15) is 11.8 Å². The van der Waals surface area contributed by atoms with Crippen LogP contribution in [0.1, 0.15) is 25.8 Å². The Morgan fingerprint density at radius 3 is 2.83 bits per heavy atom. The maximum Gasteiger partial charge on any atom is 0.174 e. The number of hydrogen-bond acceptors (Lipinski definition) is 3. The van der Waals surface area contributed by atoms with Gasteiger partial charge in [0.25, 0.3) is 0 Å². The molecule has 0 aliphatic heterocycles. The molecule has 1 aliphatic carbocycles. The molecule has 1 aromatic carbocycles. The fraction of sp³-hybridized carbons (Fsp3) is 0.533. The molecule has 1 aromatic rings. The van der Waals surface area contributed by atoms with Crippen molar-refractivity contribution >= 4 is 0 Å². The first-order chi connectivity index (χ1) is 8.63. The van der Waals surface area contributed by atoms with E-state index in [0.29, 0.717) is 5.41 Å². The zero-order valence-corrected chi connectivity index (χ0v) is 11.1. The van der Waals surface area contributed by atoms with Crippen molar-refractivity contribution in [2.75, 3.05) is 13.2 Å². The lowest BCUT2D eigenvalue weighted by atomic mass is 10.1. The van der Waals surface area contributed by atoms with E-state index in [2.05, 4.69) is 19.2 Å². The Morgan fingerprint density at radius 1 is 1.44 bits per heavy atom. The van der Waals surface area contributed by atoms with Crippen LogP contribution in [0.4, 0.5) is 0 Å². The van der Waals surface area contributed by atoms with Crippen molar-refractivity contribution in [2.24, 2.45) is 11.3 Å². The van der Waals surface area contributed by atoms with E-state index in [4.69, 9.17) is 10.00 Å². The van der Waals surface area contributed by atoms with Crippen LogP contribution in [-0.4, -0.2) is 13.2 Å². The number of ether oxygens (including phenoxy) is 1. The normalized spacial score (nSPS) is 20.2. The molecule has 18 heavy (non-hydrogen) atoms. The first-order valence-corrected chi connectivity index (χ1v) is 6.42. The van der Waals surface area contributed by atoms with E-state index in [0.717, 1.165) is 30.3 Å². The first kappa shape index (κ1) is 12.9. The number of hydrogen-bond donors (Lipinski definition) is 1. The van der Waals surface area contributed by atoms with Gasteiger partial charge in [-0.15, -0.1) is 0 Å². The maximum atomic E-state index is 8.54. The predicted molar refractivity (Wildman–Crippen MR) is 71.1 cm³/mol. The molecule has 1 atom stereocenters. The lowest BCUT2D eigenvalue weighted by molar-refractivity contribution is 0.362. The Morgan fingerprint density at radius 2 is 2.17 bits per heavy atom. The fourth-order valence-corrected chi connectivity index (χ4v) is 2.21. The molecule has 0 heterocycles. The van der Waals surface area contributed by atoms with Crippen molar-refractivity contribution in [1.29, 1.82) is 5.26 Å². The van der Waals surface area contributed by atoms with Crippen LogP contribution in [0.3, 0.4) is 0 Å². The largest absolute Gasteiger partial charge is 0.478 e. The summed E-state index contributed by atoms with van der Waals surface area (Å²) in [5, 5.41) is 12.0. The summed E-state index contributed by atoms with van der Waals surface area (Å²) in [5.74, 6) is 1.60. The average molecular weight is 244 g/mol. The number of nitriles is 1. The van der Waals surface area contributed by atoms with Crippen molar-refractivity contribution in [3.05, 3.63) is 29.8 Å². The molecule has 0 spiro atoms. The molecule has 1 saturated carbocycles. The standard InChI is InChI=1S/C15H20N2O/c1-15(2)9-13(15)11-17-10-12-5-3-4-6-14(12)18-8-7-16/h3-6,13,17H,8-11H2,1-2H3. The smallest absolute Gasteiger partial charge is 0.174 e. The zero-order valence-electron chi connectivity index (χ0n) is 11.1. The van der Waals surface area contributed by atoms with Crippen LogP contribution in [0.2, 0.25) is 0 Å². The molecule has 0 aromatic heterocycles. The number of para-hydroxylation sites is 1. The third-order valence-electron chi connectivity index (χ3n) is 3.69. The van der Waals surface area contributed by atoms with E-state index in [1.165, 1.54) is 6.42 Å². The maximum absolute atomic E-state index is 8.54. The average Bonchev–Trinajstić information content (AvgIpc) is 2.96. The van der Waals surface area contributed by atoms with E-state index in [1.54, 1.807) is 0 Å². The Kier molecular flexibility index (Phi) is 3.88. The van der Waals surface area contributed by atoms with E-state index >= 15 is 0 Å². The minimum Gasteiger partial charge on any atom is -0.478 e. The summed E-state index contributed by atoms with van der Waals surface area (Å²) < 4.78 is 5.40. The Labute approximate surface area is 109 Å². The molecule has 0 amide bonds. The van der Waals surface area contributed by atoms with Gasteiger partial charge in [0.2, 0.25) is 0 Å². The Balaban J connectivity index is 1.83. The van der Waals surface area contributed by atoms with Gasteiger partial charge in [-0.25, -0.2) is 0 Å². The summed E-state index contributed by atoms with van der Waals surface area (Å²) >= 11 is 0. The van der Waals surface area contributed by atoms with Crippen molar-refractivity contribution < 1.29 is 4.74 Å². The molecule has 1 N–H and O–H groups in total. The summed E-state index contributed by atoms with van der Waals surface area (Å²) in [6.45, 7) is 6.58. The van der Waals surface area contributed by atoms with Crippen LogP contribution in [-0.2, 0) is 6.54 Å². The van der Waals surface area contributed by atoms with E-state index in [-0.39, 0.29) is 6.61 Å². The lowest BCUT2D eigenvalue weighted by Crippen LogP contribution is -2.18. The molecule has 0 radical (unpaired) electrons. The first-order valence-electron chi connectivity index (χ1n) is 6.42. The second kappa shape index (κ2) is 5.41. The SMILES string of the molecule is CC1(C)CC1CNCc1ccccc1OCC#N. The van der Waals surface area contributed by atoms with Gasteiger partial charge in [0.05, 0.1) is 0 Å². The zero-order chi connectivity index (χ0) is 13.0. The quantitative estimate of drug-likeness (QED) is 0.837. The molecular formula is C15H20N2O. The summed E-state index contributed by atoms with van der Waals surface area (Å²) in [6, 6.07) is 9.88. The van der Waals surface area contributed by atoms with Crippen LogP contribution in [0.15, 0.2) is 24.3 Å². The molecule has 1 fully saturated rings. The second-order valence-electron chi connectivity index (χ2n) is 5.58. The van der Waals surface area contributed by atoms with Gasteiger partial charge in [-0.1, -0.05) is 32.0 Å². The molecular weight excluding hydrogens is 224 g/mol. The van der Waals surface area contributed by atoms with Gasteiger partial charge in [-0.2, -0.15) is 5.26 Å². The minimum absolute atomic E-state index is 0.104. The Hall–Kier alpha value is -1.53. The highest BCUT2D eigenvalue weighted by Gasteiger charge is 2.44. The van der Waals surface area contributed by atoms with Crippen molar-refractivity contribution in [1.82, 2.24) is 5.32 Å². The Bertz CT molecular complexity index is 448. The summed E-state index contributed by atoms with van der Waals surface area (Å²) in [7, 11) is 0. The van der Waals surface area contributed by atoms with Gasteiger partial charge in [-0.05, 0) is 30.4 Å². The molecule has 0 bridgehead atoms. The second-order valence-corrected chi connectivity index (χ2v) is 5.58. The highest BCUT2D eigenvalue weighted by Crippen LogP contribution is 2.50. The molecule has 3 nitrogen and oxygen atoms in total. The lowest BCUT2D eigenvalue weighted by Gasteiger charge is -2.10. The van der Waals surface area contributed by atoms with Gasteiger partial charge in [-0.3, -0.25) is 0 Å².